The van der Waals surface area contributed by atoms with Crippen LogP contribution in [0.25, 0.3) is 22.4 Å². The molecule has 0 radical (unpaired) electrons. The van der Waals surface area contributed by atoms with Gasteiger partial charge in [0.1, 0.15) is 11.6 Å². The molecule has 1 aliphatic rings. The summed E-state index contributed by atoms with van der Waals surface area (Å²) in [6, 6.07) is 8.84. The number of rotatable bonds is 5. The number of H-pyrrole nitrogens is 1. The lowest BCUT2D eigenvalue weighted by atomic mass is 10.0. The largest absolute Gasteiger partial charge is 0.350 e. The van der Waals surface area contributed by atoms with Crippen LogP contribution in [0.3, 0.4) is 0 Å². The molecular weight excluding hydrogens is 428 g/mol. The van der Waals surface area contributed by atoms with E-state index >= 15 is 0 Å². The van der Waals surface area contributed by atoms with Crippen molar-refractivity contribution >= 4 is 22.9 Å². The maximum absolute atomic E-state index is 13.9. The number of nitrogens with zero attached hydrogens (tertiary/aromatic N) is 5. The second kappa shape index (κ2) is 8.89. The molecule has 0 unspecified atom stereocenters. The van der Waals surface area contributed by atoms with E-state index in [0.717, 1.165) is 41.7 Å². The number of carbonyl (C=O) groups excluding carboxylic acids is 1. The lowest BCUT2D eigenvalue weighted by Crippen LogP contribution is -2.46. The van der Waals surface area contributed by atoms with Crippen molar-refractivity contribution in [2.24, 2.45) is 0 Å². The maximum Gasteiger partial charge on any atom is 0.227 e. The summed E-state index contributed by atoms with van der Waals surface area (Å²) in [6.07, 6.45) is 4.94. The van der Waals surface area contributed by atoms with Gasteiger partial charge in [-0.05, 0) is 36.6 Å². The smallest absolute Gasteiger partial charge is 0.227 e. The Balaban J connectivity index is 1.26. The fraction of sp³-hybridized carbons (Fsp3) is 0.261. The van der Waals surface area contributed by atoms with Crippen molar-refractivity contribution in [3.05, 3.63) is 66.0 Å². The van der Waals surface area contributed by atoms with Crippen molar-refractivity contribution < 1.29 is 13.6 Å². The fourth-order valence-electron chi connectivity index (χ4n) is 4.02. The first-order chi connectivity index (χ1) is 16.1. The highest BCUT2D eigenvalue weighted by Gasteiger charge is 2.25. The van der Waals surface area contributed by atoms with Crippen LogP contribution in [-0.4, -0.2) is 55.1 Å². The van der Waals surface area contributed by atoms with Gasteiger partial charge in [0.25, 0.3) is 0 Å². The molecule has 1 aromatic carbocycles. The molecule has 4 aromatic rings. The maximum atomic E-state index is 13.9. The number of carbonyl (C=O) groups is 1. The Labute approximate surface area is 188 Å². The van der Waals surface area contributed by atoms with Gasteiger partial charge in [-0.15, -0.1) is 0 Å². The summed E-state index contributed by atoms with van der Waals surface area (Å²) >= 11 is 0. The molecule has 4 heterocycles. The van der Waals surface area contributed by atoms with Gasteiger partial charge < -0.3 is 10.2 Å². The van der Waals surface area contributed by atoms with Gasteiger partial charge in [0.05, 0.1) is 23.2 Å². The lowest BCUT2D eigenvalue weighted by Gasteiger charge is -2.33. The molecule has 0 bridgehead atoms. The number of benzene rings is 1. The predicted molar refractivity (Wildman–Crippen MR) is 118 cm³/mol. The summed E-state index contributed by atoms with van der Waals surface area (Å²) in [5.74, 6) is -1.14. The zero-order valence-electron chi connectivity index (χ0n) is 17.6. The zero-order chi connectivity index (χ0) is 22.8. The molecule has 1 saturated heterocycles. The molecule has 2 N–H and O–H groups in total. The normalized spacial score (nSPS) is 16.2. The topological polar surface area (TPSA) is 99.7 Å². The number of aromatic amines is 1. The number of anilines is 1. The van der Waals surface area contributed by atoms with Crippen LogP contribution < -0.4 is 5.32 Å². The second-order valence-corrected chi connectivity index (χ2v) is 7.98. The van der Waals surface area contributed by atoms with E-state index < -0.39 is 11.6 Å². The highest BCUT2D eigenvalue weighted by Crippen LogP contribution is 2.24. The number of aromatic nitrogens is 5. The first-order valence-corrected chi connectivity index (χ1v) is 10.7. The molecule has 33 heavy (non-hydrogen) atoms. The third-order valence-electron chi connectivity index (χ3n) is 5.70. The van der Waals surface area contributed by atoms with Crippen molar-refractivity contribution in [2.75, 3.05) is 18.4 Å². The van der Waals surface area contributed by atoms with Crippen LogP contribution in [0.4, 0.5) is 14.7 Å². The molecule has 1 aliphatic heterocycles. The van der Waals surface area contributed by atoms with Crippen molar-refractivity contribution in [1.82, 2.24) is 30.0 Å². The van der Waals surface area contributed by atoms with Crippen molar-refractivity contribution in [2.45, 2.75) is 25.3 Å². The third-order valence-corrected chi connectivity index (χ3v) is 5.70. The van der Waals surface area contributed by atoms with Crippen LogP contribution in [-0.2, 0) is 11.2 Å². The molecule has 8 nitrogen and oxygen atoms in total. The molecule has 0 spiro atoms. The van der Waals surface area contributed by atoms with Gasteiger partial charge in [-0.1, -0.05) is 12.1 Å². The highest BCUT2D eigenvalue weighted by atomic mass is 19.1. The number of hydrogen-bond acceptors (Lipinski definition) is 6. The van der Waals surface area contributed by atoms with Crippen LogP contribution in [0.5, 0.6) is 0 Å². The minimum Gasteiger partial charge on any atom is -0.350 e. The molecule has 5 rings (SSSR count). The Morgan fingerprint density at radius 3 is 2.94 bits per heavy atom. The average Bonchev–Trinajstić information content (AvgIpc) is 3.25. The molecule has 1 amide bonds. The van der Waals surface area contributed by atoms with Gasteiger partial charge in [-0.3, -0.25) is 14.9 Å². The lowest BCUT2D eigenvalue weighted by molar-refractivity contribution is -0.131. The monoisotopic (exact) mass is 449 g/mol. The number of nitrogens with one attached hydrogen (secondary N) is 2. The fourth-order valence-corrected chi connectivity index (χ4v) is 4.02. The van der Waals surface area contributed by atoms with E-state index in [1.54, 1.807) is 17.3 Å². The summed E-state index contributed by atoms with van der Waals surface area (Å²) in [6.45, 7) is 1.04. The number of pyridine rings is 1. The Bertz CT molecular complexity index is 1290. The molecular formula is C23H21F2N7O. The number of hydrogen-bond donors (Lipinski definition) is 2. The summed E-state index contributed by atoms with van der Waals surface area (Å²) < 4.78 is 27.0. The SMILES string of the molecule is O=C(Cc1ccc(F)cc1F)N1CCC[C@H](Nc2ncc3c(-c4ccccn4)[nH]nc3n2)C1. The van der Waals surface area contributed by atoms with E-state index in [2.05, 4.69) is 30.5 Å². The van der Waals surface area contributed by atoms with Crippen LogP contribution in [0.1, 0.15) is 18.4 Å². The predicted octanol–water partition coefficient (Wildman–Crippen LogP) is 3.34. The zero-order valence-corrected chi connectivity index (χ0v) is 17.6. The minimum atomic E-state index is -0.708. The van der Waals surface area contributed by atoms with Crippen LogP contribution in [0.2, 0.25) is 0 Å². The average molecular weight is 449 g/mol. The Kier molecular flexibility index (Phi) is 5.64. The Morgan fingerprint density at radius 1 is 1.21 bits per heavy atom. The summed E-state index contributed by atoms with van der Waals surface area (Å²) in [4.78, 5) is 27.6. The Hall–Kier alpha value is -3.95. The van der Waals surface area contributed by atoms with E-state index in [0.29, 0.717) is 24.7 Å². The molecule has 3 aromatic heterocycles. The number of piperidine rings is 1. The van der Waals surface area contributed by atoms with Crippen LogP contribution in [0.15, 0.2) is 48.8 Å². The number of likely N-dealkylation sites (tertiary alicyclic amines) is 1. The van der Waals surface area contributed by atoms with Gasteiger partial charge in [0, 0.05) is 37.6 Å². The summed E-state index contributed by atoms with van der Waals surface area (Å²) in [5.41, 5.74) is 2.21. The van der Waals surface area contributed by atoms with Crippen LogP contribution >= 0.6 is 0 Å². The van der Waals surface area contributed by atoms with Crippen LogP contribution in [0, 0.1) is 11.6 Å². The van der Waals surface area contributed by atoms with Gasteiger partial charge >= 0.3 is 0 Å². The van der Waals surface area contributed by atoms with E-state index in [-0.39, 0.29) is 23.9 Å². The number of amides is 1. The first kappa shape index (κ1) is 20.9. The number of fused-ring (bicyclic) bond motifs is 1. The van der Waals surface area contributed by atoms with Crippen molar-refractivity contribution in [1.29, 1.82) is 0 Å². The summed E-state index contributed by atoms with van der Waals surface area (Å²) in [5, 5.41) is 11.3. The van der Waals surface area contributed by atoms with Gasteiger partial charge in [0.15, 0.2) is 5.65 Å². The van der Waals surface area contributed by atoms with E-state index in [4.69, 9.17) is 0 Å². The molecule has 0 aliphatic carbocycles. The number of halogens is 2. The highest BCUT2D eigenvalue weighted by molar-refractivity contribution is 5.89. The van der Waals surface area contributed by atoms with Gasteiger partial charge in [-0.2, -0.15) is 10.1 Å². The first-order valence-electron chi connectivity index (χ1n) is 10.7. The van der Waals surface area contributed by atoms with E-state index in [9.17, 15) is 13.6 Å². The minimum absolute atomic E-state index is 0.0487. The summed E-state index contributed by atoms with van der Waals surface area (Å²) in [7, 11) is 0. The van der Waals surface area contributed by atoms with Crippen molar-refractivity contribution in [3.63, 3.8) is 0 Å². The molecule has 10 heteroatoms. The van der Waals surface area contributed by atoms with Crippen molar-refractivity contribution in [3.8, 4) is 11.4 Å². The molecule has 168 valence electrons. The van der Waals surface area contributed by atoms with E-state index in [1.165, 1.54) is 6.07 Å². The van der Waals surface area contributed by atoms with Gasteiger partial charge in [-0.25, -0.2) is 13.8 Å². The molecule has 0 saturated carbocycles. The van der Waals surface area contributed by atoms with Gasteiger partial charge in [0.2, 0.25) is 11.9 Å². The van der Waals surface area contributed by atoms with E-state index in [1.807, 2.05) is 18.2 Å². The quantitative estimate of drug-likeness (QED) is 0.485. The third kappa shape index (κ3) is 4.50. The second-order valence-electron chi connectivity index (χ2n) is 7.98. The molecule has 1 atom stereocenters. The Morgan fingerprint density at radius 2 is 2.12 bits per heavy atom. The molecule has 1 fully saturated rings. The standard InChI is InChI=1S/C23H21F2N7O/c24-15-7-6-14(18(25)11-15)10-20(33)32-9-3-4-16(13-32)28-23-27-12-17-21(30-31-22(17)29-23)19-5-1-2-8-26-19/h1-2,5-8,11-12,16H,3-4,9-10,13H2,(H2,27,28,29,30,31)/t16-/m0/s1.